The van der Waals surface area contributed by atoms with E-state index in [1.165, 1.54) is 116 Å². The molecule has 0 radical (unpaired) electrons. The number of hydrogen-bond acceptors (Lipinski definition) is 0. The van der Waals surface area contributed by atoms with E-state index in [1.54, 1.807) is 0 Å². The zero-order valence-electron chi connectivity index (χ0n) is 45.4. The van der Waals surface area contributed by atoms with Crippen LogP contribution in [0.1, 0.15) is 58.4 Å². The van der Waals surface area contributed by atoms with Crippen LogP contribution in [0.3, 0.4) is 0 Å². The summed E-state index contributed by atoms with van der Waals surface area (Å²) in [6.45, 7) is 8.31. The van der Waals surface area contributed by atoms with E-state index in [0.29, 0.717) is 0 Å². The minimum atomic E-state index is 0.926. The molecule has 0 aliphatic rings. The van der Waals surface area contributed by atoms with Gasteiger partial charge in [0.15, 0.2) is 0 Å². The second-order valence-corrected chi connectivity index (χ2v) is 19.8. The molecule has 380 valence electrons. The highest BCUT2D eigenvalue weighted by molar-refractivity contribution is 6.09. The van der Waals surface area contributed by atoms with Crippen molar-refractivity contribution in [1.82, 2.24) is 4.57 Å². The summed E-state index contributed by atoms with van der Waals surface area (Å²) in [6.07, 6.45) is 2.81. The van der Waals surface area contributed by atoms with Crippen molar-refractivity contribution < 1.29 is 0 Å². The maximum atomic E-state index is 2.41. The molecule has 0 spiro atoms. The van der Waals surface area contributed by atoms with Gasteiger partial charge in [0.25, 0.3) is 0 Å². The fraction of sp³-hybridized carbons (Fsp3) is 0.0909. The van der Waals surface area contributed by atoms with Crippen molar-refractivity contribution in [2.75, 3.05) is 0 Å². The zero-order valence-corrected chi connectivity index (χ0v) is 45.4. The summed E-state index contributed by atoms with van der Waals surface area (Å²) in [4.78, 5) is 0. The number of fused-ring (bicyclic) bond motifs is 4. The molecule has 13 aromatic rings. The van der Waals surface area contributed by atoms with Gasteiger partial charge in [0.2, 0.25) is 0 Å². The van der Waals surface area contributed by atoms with Crippen LogP contribution in [0.2, 0.25) is 0 Å². The minimum absolute atomic E-state index is 0.926. The molecule has 0 saturated heterocycles. The van der Waals surface area contributed by atoms with Gasteiger partial charge in [-0.3, -0.25) is 0 Å². The molecular formula is C77H67N. The molecule has 0 saturated carbocycles. The third kappa shape index (κ3) is 12.5. The Labute approximate surface area is 462 Å². The first-order chi connectivity index (χ1) is 38.5. The van der Waals surface area contributed by atoms with Crippen LogP contribution in [0.25, 0.3) is 71.6 Å². The fourth-order valence-electron chi connectivity index (χ4n) is 10.5. The lowest BCUT2D eigenvalue weighted by Gasteiger charge is -2.15. The van der Waals surface area contributed by atoms with E-state index in [9.17, 15) is 0 Å². The van der Waals surface area contributed by atoms with Crippen LogP contribution in [0.4, 0.5) is 0 Å². The molecule has 1 nitrogen and oxygen atoms in total. The van der Waals surface area contributed by atoms with Gasteiger partial charge in [-0.15, -0.1) is 0 Å². The van der Waals surface area contributed by atoms with Crippen LogP contribution in [0, 0.1) is 13.8 Å². The largest absolute Gasteiger partial charge is 0.309 e. The molecule has 0 aliphatic heterocycles. The molecule has 1 heteroatoms. The number of aromatic nitrogens is 1. The van der Waals surface area contributed by atoms with Crippen LogP contribution in [0.15, 0.2) is 297 Å². The molecule has 0 aliphatic carbocycles. The summed E-state index contributed by atoms with van der Waals surface area (Å²) in [6, 6.07) is 107. The number of hydrogen-bond donors (Lipinski definition) is 0. The van der Waals surface area contributed by atoms with Gasteiger partial charge in [0.05, 0.1) is 11.0 Å². The Morgan fingerprint density at radius 1 is 0.282 bits per heavy atom. The van der Waals surface area contributed by atoms with Gasteiger partial charge in [-0.1, -0.05) is 286 Å². The maximum Gasteiger partial charge on any atom is 0.0541 e. The summed E-state index contributed by atoms with van der Waals surface area (Å²) in [7, 11) is 0. The van der Waals surface area contributed by atoms with Gasteiger partial charge in [-0.05, 0) is 147 Å². The van der Waals surface area contributed by atoms with E-state index >= 15 is 0 Å². The predicted molar refractivity (Wildman–Crippen MR) is 336 cm³/mol. The predicted octanol–water partition coefficient (Wildman–Crippen LogP) is 20.7. The molecular weight excluding hydrogens is 939 g/mol. The van der Waals surface area contributed by atoms with E-state index in [0.717, 1.165) is 19.3 Å². The Kier molecular flexibility index (Phi) is 17.0. The lowest BCUT2D eigenvalue weighted by Crippen LogP contribution is -1.97. The van der Waals surface area contributed by atoms with Crippen LogP contribution in [-0.2, 0) is 19.3 Å². The standard InChI is InChI=1S/C31H23N.C31H26.C13H12.C2H6/c1-3-9-25(10-4-1)26-18-15-23(16-19-26)21-24-17-20-31-29(22-24)28-13-7-8-14-30(28)32(31)27-11-5-2-6-12-27;1-23-10-5-7-16-29(23)31-22-25(18-19-28(31)20-24-11-3-2-4-12-24)21-27-15-9-14-26-13-6-8-17-30(26)27;1-11-7-9-13(10-8-11)12-5-3-2-4-6-12;1-2/h1-20,22H,21H2;2-19,22H,20-21H2,1H3;2-10H,1H3;1-2H3. The molecule has 0 N–H and O–H groups in total. The Balaban J connectivity index is 0.000000141. The average Bonchev–Trinajstić information content (AvgIpc) is 4.00. The number of para-hydroxylation sites is 2. The highest BCUT2D eigenvalue weighted by Crippen LogP contribution is 2.34. The molecule has 0 amide bonds. The number of aryl methyl sites for hydroxylation is 2. The lowest BCUT2D eigenvalue weighted by atomic mass is 9.89. The third-order valence-corrected chi connectivity index (χ3v) is 14.5. The van der Waals surface area contributed by atoms with Crippen molar-refractivity contribution in [3.63, 3.8) is 0 Å². The second kappa shape index (κ2) is 25.5. The molecule has 1 heterocycles. The van der Waals surface area contributed by atoms with Crippen molar-refractivity contribution in [1.29, 1.82) is 0 Å². The molecule has 12 aromatic carbocycles. The van der Waals surface area contributed by atoms with Crippen molar-refractivity contribution in [2.24, 2.45) is 0 Å². The van der Waals surface area contributed by atoms with Crippen LogP contribution in [-0.4, -0.2) is 4.57 Å². The monoisotopic (exact) mass is 1010 g/mol. The molecule has 0 unspecified atom stereocenters. The van der Waals surface area contributed by atoms with Gasteiger partial charge in [0.1, 0.15) is 0 Å². The molecule has 1 aromatic heterocycles. The van der Waals surface area contributed by atoms with Gasteiger partial charge in [-0.25, -0.2) is 0 Å². The average molecular weight is 1010 g/mol. The van der Waals surface area contributed by atoms with Gasteiger partial charge in [0, 0.05) is 16.5 Å². The normalized spacial score (nSPS) is 10.7. The fourth-order valence-corrected chi connectivity index (χ4v) is 10.5. The van der Waals surface area contributed by atoms with E-state index in [4.69, 9.17) is 0 Å². The Morgan fingerprint density at radius 2 is 0.756 bits per heavy atom. The second-order valence-electron chi connectivity index (χ2n) is 19.8. The molecule has 13 rings (SSSR count). The Hall–Kier alpha value is -9.30. The van der Waals surface area contributed by atoms with Gasteiger partial charge < -0.3 is 4.57 Å². The van der Waals surface area contributed by atoms with Crippen molar-refractivity contribution >= 4 is 32.6 Å². The Morgan fingerprint density at radius 3 is 1.44 bits per heavy atom. The maximum absolute atomic E-state index is 2.41. The van der Waals surface area contributed by atoms with Crippen LogP contribution in [0.5, 0.6) is 0 Å². The third-order valence-electron chi connectivity index (χ3n) is 14.5. The van der Waals surface area contributed by atoms with Gasteiger partial charge in [-0.2, -0.15) is 0 Å². The number of nitrogens with zero attached hydrogens (tertiary/aromatic N) is 1. The van der Waals surface area contributed by atoms with Crippen molar-refractivity contribution in [2.45, 2.75) is 47.0 Å². The number of benzene rings is 12. The van der Waals surface area contributed by atoms with Crippen molar-refractivity contribution in [3.05, 3.63) is 342 Å². The highest BCUT2D eigenvalue weighted by atomic mass is 15.0. The smallest absolute Gasteiger partial charge is 0.0541 e. The quantitative estimate of drug-likeness (QED) is 0.129. The Bertz CT molecular complexity index is 3980. The van der Waals surface area contributed by atoms with E-state index in [1.807, 2.05) is 19.9 Å². The molecule has 0 bridgehead atoms. The van der Waals surface area contributed by atoms with E-state index in [2.05, 4.69) is 310 Å². The zero-order chi connectivity index (χ0) is 53.5. The van der Waals surface area contributed by atoms with Crippen molar-refractivity contribution in [3.8, 4) is 39.1 Å². The van der Waals surface area contributed by atoms with Gasteiger partial charge >= 0.3 is 0 Å². The minimum Gasteiger partial charge on any atom is -0.309 e. The summed E-state index contributed by atoms with van der Waals surface area (Å²) >= 11 is 0. The first-order valence-corrected chi connectivity index (χ1v) is 27.5. The topological polar surface area (TPSA) is 4.93 Å². The lowest BCUT2D eigenvalue weighted by molar-refractivity contribution is 1.16. The molecule has 0 atom stereocenters. The SMILES string of the molecule is CC.Cc1ccc(-c2ccccc2)cc1.Cc1ccccc1-c1cc(Cc2cccc3ccccc23)ccc1Cc1ccccc1.c1ccc(-c2ccc(Cc3ccc4c(c3)c3ccccc3n4-c3ccccc3)cc2)cc1. The van der Waals surface area contributed by atoms with E-state index in [-0.39, 0.29) is 0 Å². The molecule has 78 heavy (non-hydrogen) atoms. The molecule has 0 fully saturated rings. The first kappa shape index (κ1) is 52.2. The van der Waals surface area contributed by atoms with Crippen LogP contribution >= 0.6 is 0 Å². The first-order valence-electron chi connectivity index (χ1n) is 27.5. The van der Waals surface area contributed by atoms with E-state index < -0.39 is 0 Å². The highest BCUT2D eigenvalue weighted by Gasteiger charge is 2.14. The van der Waals surface area contributed by atoms with Crippen LogP contribution < -0.4 is 0 Å². The summed E-state index contributed by atoms with van der Waals surface area (Å²) in [5, 5.41) is 5.26. The summed E-state index contributed by atoms with van der Waals surface area (Å²) in [5.74, 6) is 0. The number of rotatable bonds is 10. The summed E-state index contributed by atoms with van der Waals surface area (Å²) < 4.78 is 2.36. The summed E-state index contributed by atoms with van der Waals surface area (Å²) in [5.41, 5.74) is 22.2.